The molecule has 14 heavy (non-hydrogen) atoms. The third-order valence-corrected chi connectivity index (χ3v) is 2.02. The monoisotopic (exact) mass is 184 g/mol. The highest BCUT2D eigenvalue weighted by Gasteiger charge is 2.13. The Morgan fingerprint density at radius 2 is 2.00 bits per heavy atom. The summed E-state index contributed by atoms with van der Waals surface area (Å²) in [5.41, 5.74) is 2.03. The fraction of sp³-hybridized carbons (Fsp3) is 0.0909. The first-order valence-electron chi connectivity index (χ1n) is 4.24. The Morgan fingerprint density at radius 3 is 2.64 bits per heavy atom. The van der Waals surface area contributed by atoms with Gasteiger partial charge in [-0.05, 0) is 6.92 Å². The van der Waals surface area contributed by atoms with Crippen LogP contribution in [0.25, 0.3) is 11.3 Å². The van der Waals surface area contributed by atoms with Gasteiger partial charge in [0.1, 0.15) is 17.3 Å². The molecule has 3 heteroatoms. The van der Waals surface area contributed by atoms with Gasteiger partial charge < -0.3 is 4.52 Å². The second kappa shape index (κ2) is 3.35. The van der Waals surface area contributed by atoms with E-state index in [-0.39, 0.29) is 0 Å². The van der Waals surface area contributed by atoms with Crippen LogP contribution in [0.3, 0.4) is 0 Å². The molecule has 3 nitrogen and oxygen atoms in total. The highest BCUT2D eigenvalue weighted by molar-refractivity contribution is 5.66. The van der Waals surface area contributed by atoms with Crippen LogP contribution in [0.4, 0.5) is 0 Å². The fourth-order valence-corrected chi connectivity index (χ4v) is 1.30. The zero-order valence-corrected chi connectivity index (χ0v) is 7.69. The van der Waals surface area contributed by atoms with Crippen molar-refractivity contribution < 1.29 is 4.52 Å². The van der Waals surface area contributed by atoms with Gasteiger partial charge >= 0.3 is 0 Å². The highest BCUT2D eigenvalue weighted by atomic mass is 16.5. The van der Waals surface area contributed by atoms with Gasteiger partial charge in [-0.3, -0.25) is 0 Å². The molecule has 0 spiro atoms. The Hall–Kier alpha value is -2.08. The van der Waals surface area contributed by atoms with Crippen LogP contribution in [0.1, 0.15) is 11.3 Å². The quantitative estimate of drug-likeness (QED) is 0.684. The van der Waals surface area contributed by atoms with Crippen molar-refractivity contribution in [3.05, 3.63) is 41.7 Å². The summed E-state index contributed by atoms with van der Waals surface area (Å²) in [5.74, 6) is 0.561. The minimum Gasteiger partial charge on any atom is -0.360 e. The van der Waals surface area contributed by atoms with Crippen molar-refractivity contribution in [2.45, 2.75) is 6.92 Å². The largest absolute Gasteiger partial charge is 0.360 e. The van der Waals surface area contributed by atoms with E-state index in [1.54, 1.807) is 6.92 Å². The van der Waals surface area contributed by atoms with E-state index in [2.05, 4.69) is 11.2 Å². The number of rotatable bonds is 1. The van der Waals surface area contributed by atoms with E-state index in [0.717, 1.165) is 5.56 Å². The number of benzene rings is 1. The summed E-state index contributed by atoms with van der Waals surface area (Å²) < 4.78 is 4.97. The second-order valence-corrected chi connectivity index (χ2v) is 2.94. The summed E-state index contributed by atoms with van der Waals surface area (Å²) in [6.45, 7) is 1.73. The molecule has 1 aromatic heterocycles. The third kappa shape index (κ3) is 1.27. The predicted molar refractivity (Wildman–Crippen MR) is 51.4 cm³/mol. The molecule has 0 saturated carbocycles. The van der Waals surface area contributed by atoms with Crippen molar-refractivity contribution in [3.8, 4) is 17.3 Å². The van der Waals surface area contributed by atoms with E-state index in [0.29, 0.717) is 17.0 Å². The molecule has 0 aliphatic heterocycles. The molecule has 0 aliphatic rings. The van der Waals surface area contributed by atoms with Crippen LogP contribution in [0.5, 0.6) is 0 Å². The molecular weight excluding hydrogens is 176 g/mol. The number of aryl methyl sites for hydroxylation is 1. The SMILES string of the molecule is Cc1onc(-c2ccccc2)c1C#N. The third-order valence-electron chi connectivity index (χ3n) is 2.02. The normalized spacial score (nSPS) is 9.71. The molecule has 0 atom stereocenters. The van der Waals surface area contributed by atoms with Crippen molar-refractivity contribution in [1.29, 1.82) is 5.26 Å². The molecular formula is C11H8N2O. The lowest BCUT2D eigenvalue weighted by molar-refractivity contribution is 0.399. The topological polar surface area (TPSA) is 49.8 Å². The standard InChI is InChI=1S/C11H8N2O/c1-8-10(7-12)11(13-14-8)9-5-3-2-4-6-9/h2-6H,1H3. The maximum Gasteiger partial charge on any atom is 0.152 e. The van der Waals surface area contributed by atoms with Crippen molar-refractivity contribution in [3.63, 3.8) is 0 Å². The molecule has 0 N–H and O–H groups in total. The molecule has 0 bridgehead atoms. The lowest BCUT2D eigenvalue weighted by Gasteiger charge is -1.93. The average Bonchev–Trinajstić information content (AvgIpc) is 2.61. The van der Waals surface area contributed by atoms with Gasteiger partial charge in [-0.25, -0.2) is 0 Å². The maximum absolute atomic E-state index is 8.90. The zero-order valence-electron chi connectivity index (χ0n) is 7.69. The van der Waals surface area contributed by atoms with Gasteiger partial charge in [0.25, 0.3) is 0 Å². The smallest absolute Gasteiger partial charge is 0.152 e. The zero-order chi connectivity index (χ0) is 9.97. The fourth-order valence-electron chi connectivity index (χ4n) is 1.30. The van der Waals surface area contributed by atoms with Crippen LogP contribution in [-0.2, 0) is 0 Å². The molecule has 0 saturated heterocycles. The molecule has 2 aromatic rings. The minimum atomic E-state index is 0.510. The van der Waals surface area contributed by atoms with E-state index in [1.807, 2.05) is 30.3 Å². The van der Waals surface area contributed by atoms with Gasteiger partial charge in [-0.1, -0.05) is 35.5 Å². The summed E-state index contributed by atoms with van der Waals surface area (Å²) in [4.78, 5) is 0. The lowest BCUT2D eigenvalue weighted by Crippen LogP contribution is -1.81. The first kappa shape index (κ1) is 8.52. The summed E-state index contributed by atoms with van der Waals surface area (Å²) in [6.07, 6.45) is 0. The van der Waals surface area contributed by atoms with Crippen molar-refractivity contribution in [2.24, 2.45) is 0 Å². The van der Waals surface area contributed by atoms with Crippen molar-refractivity contribution in [2.75, 3.05) is 0 Å². The van der Waals surface area contributed by atoms with Crippen LogP contribution in [-0.4, -0.2) is 5.16 Å². The average molecular weight is 184 g/mol. The second-order valence-electron chi connectivity index (χ2n) is 2.94. The van der Waals surface area contributed by atoms with Crippen molar-refractivity contribution >= 4 is 0 Å². The molecule has 1 aromatic carbocycles. The van der Waals surface area contributed by atoms with E-state index in [4.69, 9.17) is 9.78 Å². The van der Waals surface area contributed by atoms with Crippen LogP contribution in [0.15, 0.2) is 34.9 Å². The van der Waals surface area contributed by atoms with E-state index < -0.39 is 0 Å². The molecule has 0 unspecified atom stereocenters. The Morgan fingerprint density at radius 1 is 1.29 bits per heavy atom. The van der Waals surface area contributed by atoms with Crippen LogP contribution >= 0.6 is 0 Å². The lowest BCUT2D eigenvalue weighted by atomic mass is 10.1. The van der Waals surface area contributed by atoms with Gasteiger partial charge in [0.15, 0.2) is 5.76 Å². The van der Waals surface area contributed by atoms with Gasteiger partial charge in [0.2, 0.25) is 0 Å². The summed E-state index contributed by atoms with van der Waals surface area (Å²) in [6, 6.07) is 11.6. The Labute approximate surface area is 81.6 Å². The molecule has 0 radical (unpaired) electrons. The highest BCUT2D eigenvalue weighted by Crippen LogP contribution is 2.23. The predicted octanol–water partition coefficient (Wildman–Crippen LogP) is 2.52. The molecule has 2 rings (SSSR count). The van der Waals surface area contributed by atoms with Crippen molar-refractivity contribution in [1.82, 2.24) is 5.16 Å². The maximum atomic E-state index is 8.90. The van der Waals surface area contributed by atoms with E-state index in [9.17, 15) is 0 Å². The van der Waals surface area contributed by atoms with E-state index in [1.165, 1.54) is 0 Å². The van der Waals surface area contributed by atoms with Crippen LogP contribution in [0, 0.1) is 18.3 Å². The van der Waals surface area contributed by atoms with Crippen LogP contribution < -0.4 is 0 Å². The molecule has 1 heterocycles. The van der Waals surface area contributed by atoms with Gasteiger partial charge in [-0.15, -0.1) is 0 Å². The number of hydrogen-bond acceptors (Lipinski definition) is 3. The number of nitriles is 1. The summed E-state index contributed by atoms with van der Waals surface area (Å²) >= 11 is 0. The number of nitrogens with zero attached hydrogens (tertiary/aromatic N) is 2. The molecule has 0 aliphatic carbocycles. The number of hydrogen-bond donors (Lipinski definition) is 0. The molecule has 0 fully saturated rings. The van der Waals surface area contributed by atoms with Gasteiger partial charge in [0.05, 0.1) is 0 Å². The number of aromatic nitrogens is 1. The van der Waals surface area contributed by atoms with Gasteiger partial charge in [-0.2, -0.15) is 5.26 Å². The van der Waals surface area contributed by atoms with Gasteiger partial charge in [0, 0.05) is 5.56 Å². The Balaban J connectivity index is 2.59. The summed E-state index contributed by atoms with van der Waals surface area (Å²) in [7, 11) is 0. The summed E-state index contributed by atoms with van der Waals surface area (Å²) in [5, 5.41) is 12.8. The Bertz CT molecular complexity index is 480. The molecule has 0 amide bonds. The minimum absolute atomic E-state index is 0.510. The first-order valence-corrected chi connectivity index (χ1v) is 4.24. The van der Waals surface area contributed by atoms with E-state index >= 15 is 0 Å². The first-order chi connectivity index (χ1) is 6.83. The molecule has 68 valence electrons. The van der Waals surface area contributed by atoms with Crippen LogP contribution in [0.2, 0.25) is 0 Å². The Kier molecular flexibility index (Phi) is 2.04.